The minimum Gasteiger partial charge on any atom is -0.254 e. The van der Waals surface area contributed by atoms with Gasteiger partial charge >= 0.3 is 0 Å². The molecule has 0 bridgehead atoms. The number of rotatable bonds is 1. The van der Waals surface area contributed by atoms with Crippen molar-refractivity contribution in [2.24, 2.45) is 0 Å². The van der Waals surface area contributed by atoms with Gasteiger partial charge in [-0.25, -0.2) is 8.78 Å². The second-order valence-electron chi connectivity index (χ2n) is 1.72. The van der Waals surface area contributed by atoms with Crippen LogP contribution in [0, 0.1) is 11.6 Å². The van der Waals surface area contributed by atoms with Gasteiger partial charge in [0.1, 0.15) is 11.6 Å². The van der Waals surface area contributed by atoms with Crippen LogP contribution in [-0.4, -0.2) is 4.98 Å². The Morgan fingerprint density at radius 3 is 2.55 bits per heavy atom. The summed E-state index contributed by atoms with van der Waals surface area (Å²) in [5.74, 6) is -1.42. The lowest BCUT2D eigenvalue weighted by atomic mass is 10.3. The monoisotopic (exact) mass is 199 g/mol. The number of hydrogen-bond donors (Lipinski definition) is 0. The van der Waals surface area contributed by atoms with Crippen molar-refractivity contribution < 1.29 is 8.78 Å². The fraction of sp³-hybridized carbons (Fsp3) is 0.167. The van der Waals surface area contributed by atoms with Crippen LogP contribution >= 0.6 is 24.0 Å². The molecule has 0 spiro atoms. The van der Waals surface area contributed by atoms with Crippen molar-refractivity contribution in [1.29, 1.82) is 0 Å². The van der Waals surface area contributed by atoms with Gasteiger partial charge in [-0.3, -0.25) is 4.98 Å². The van der Waals surface area contributed by atoms with Crippen molar-refractivity contribution in [2.45, 2.75) is 5.88 Å². The first-order valence-electron chi connectivity index (χ1n) is 2.60. The lowest BCUT2D eigenvalue weighted by Gasteiger charge is -1.94. The van der Waals surface area contributed by atoms with Crippen LogP contribution in [0.4, 0.5) is 8.78 Å². The third-order valence-corrected chi connectivity index (χ3v) is 1.26. The summed E-state index contributed by atoms with van der Waals surface area (Å²) in [4.78, 5) is 3.41. The molecule has 0 saturated heterocycles. The van der Waals surface area contributed by atoms with E-state index in [9.17, 15) is 8.78 Å². The zero-order valence-corrected chi connectivity index (χ0v) is 6.92. The molecule has 1 rings (SSSR count). The van der Waals surface area contributed by atoms with Crippen LogP contribution in [0.1, 0.15) is 5.69 Å². The number of hydrogen-bond acceptors (Lipinski definition) is 1. The molecular weight excluding hydrogens is 195 g/mol. The van der Waals surface area contributed by atoms with Crippen LogP contribution in [0.5, 0.6) is 0 Å². The Balaban J connectivity index is 0.000001000. The smallest absolute Gasteiger partial charge is 0.148 e. The van der Waals surface area contributed by atoms with Crippen LogP contribution in [-0.2, 0) is 5.88 Å². The van der Waals surface area contributed by atoms with E-state index in [0.29, 0.717) is 0 Å². The van der Waals surface area contributed by atoms with Crippen molar-refractivity contribution in [1.82, 2.24) is 4.98 Å². The number of aromatic nitrogens is 1. The molecule has 0 amide bonds. The molecule has 0 aliphatic rings. The fourth-order valence-electron chi connectivity index (χ4n) is 0.541. The fourth-order valence-corrected chi connectivity index (χ4v) is 0.738. The molecule has 0 unspecified atom stereocenters. The summed E-state index contributed by atoms with van der Waals surface area (Å²) < 4.78 is 24.6. The first kappa shape index (κ1) is 10.6. The van der Waals surface area contributed by atoms with Crippen molar-refractivity contribution in [3.8, 4) is 0 Å². The van der Waals surface area contributed by atoms with Gasteiger partial charge in [-0.15, -0.1) is 24.0 Å². The molecule has 0 atom stereocenters. The van der Waals surface area contributed by atoms with Gasteiger partial charge in [0.2, 0.25) is 0 Å². The van der Waals surface area contributed by atoms with Gasteiger partial charge < -0.3 is 0 Å². The van der Waals surface area contributed by atoms with Gasteiger partial charge in [-0.2, -0.15) is 0 Å². The van der Waals surface area contributed by atoms with Gasteiger partial charge in [0.25, 0.3) is 0 Å². The summed E-state index contributed by atoms with van der Waals surface area (Å²) in [5.41, 5.74) is 0.0723. The van der Waals surface area contributed by atoms with Crippen LogP contribution in [0.2, 0.25) is 0 Å². The lowest BCUT2D eigenvalue weighted by molar-refractivity contribution is 0.563. The maximum Gasteiger partial charge on any atom is 0.148 e. The minimum absolute atomic E-state index is 0. The summed E-state index contributed by atoms with van der Waals surface area (Å²) in [6.07, 6.45) is 0.931. The van der Waals surface area contributed by atoms with Gasteiger partial charge in [0, 0.05) is 6.07 Å². The molecule has 0 radical (unpaired) electrons. The summed E-state index contributed by atoms with van der Waals surface area (Å²) in [7, 11) is 0. The number of pyridine rings is 1. The normalized spacial score (nSPS) is 9.00. The first-order chi connectivity index (χ1) is 4.74. The highest BCUT2D eigenvalue weighted by Crippen LogP contribution is 2.07. The van der Waals surface area contributed by atoms with Crippen LogP contribution in [0.3, 0.4) is 0 Å². The molecular formula is C6H5Cl2F2N. The topological polar surface area (TPSA) is 12.9 Å². The average molecular weight is 200 g/mol. The Labute approximate surface area is 73.8 Å². The van der Waals surface area contributed by atoms with Crippen molar-refractivity contribution in [3.63, 3.8) is 0 Å². The largest absolute Gasteiger partial charge is 0.254 e. The third kappa shape index (κ3) is 2.60. The highest BCUT2D eigenvalue weighted by Gasteiger charge is 2.02. The quantitative estimate of drug-likeness (QED) is 0.634. The van der Waals surface area contributed by atoms with Gasteiger partial charge in [0.15, 0.2) is 0 Å². The molecule has 0 saturated carbocycles. The predicted octanol–water partition coefficient (Wildman–Crippen LogP) is 2.52. The molecule has 1 aromatic rings. The maximum absolute atomic E-state index is 12.5. The maximum atomic E-state index is 12.5. The third-order valence-electron chi connectivity index (χ3n) is 1.01. The zero-order chi connectivity index (χ0) is 7.56. The zero-order valence-electron chi connectivity index (χ0n) is 5.35. The summed E-state index contributed by atoms with van der Waals surface area (Å²) in [6.45, 7) is 0. The van der Waals surface area contributed by atoms with Gasteiger partial charge in [-0.1, -0.05) is 0 Å². The molecule has 1 heterocycles. The van der Waals surface area contributed by atoms with E-state index in [-0.39, 0.29) is 24.0 Å². The minimum atomic E-state index is -0.699. The van der Waals surface area contributed by atoms with Crippen molar-refractivity contribution >= 4 is 24.0 Å². The molecule has 0 fully saturated rings. The standard InChI is InChI=1S/C6H4ClF2N.ClH/c7-2-6-5(9)1-4(8)3-10-6;/h1,3H,2H2;1H. The summed E-state index contributed by atoms with van der Waals surface area (Å²) in [6, 6.07) is 0.755. The molecule has 62 valence electrons. The number of halogens is 4. The molecule has 0 aromatic carbocycles. The molecule has 0 aliphatic carbocycles. The Bertz CT molecular complexity index is 242. The second kappa shape index (κ2) is 4.46. The molecule has 1 nitrogen and oxygen atoms in total. The van der Waals surface area contributed by atoms with E-state index in [4.69, 9.17) is 11.6 Å². The summed E-state index contributed by atoms with van der Waals surface area (Å²) >= 11 is 5.26. The van der Waals surface area contributed by atoms with Gasteiger partial charge in [-0.05, 0) is 0 Å². The van der Waals surface area contributed by atoms with Crippen molar-refractivity contribution in [3.05, 3.63) is 29.6 Å². The predicted molar refractivity (Wildman–Crippen MR) is 41.0 cm³/mol. The molecule has 1 aromatic heterocycles. The molecule has 0 aliphatic heterocycles. The average Bonchev–Trinajstić information content (AvgIpc) is 1.88. The van der Waals surface area contributed by atoms with E-state index in [0.717, 1.165) is 12.3 Å². The Hall–Kier alpha value is -0.410. The van der Waals surface area contributed by atoms with E-state index in [1.807, 2.05) is 0 Å². The van der Waals surface area contributed by atoms with E-state index in [1.165, 1.54) is 0 Å². The van der Waals surface area contributed by atoms with Crippen LogP contribution in [0.25, 0.3) is 0 Å². The number of nitrogens with zero attached hydrogens (tertiary/aromatic N) is 1. The molecule has 0 N–H and O–H groups in total. The highest BCUT2D eigenvalue weighted by molar-refractivity contribution is 6.16. The van der Waals surface area contributed by atoms with Crippen LogP contribution in [0.15, 0.2) is 12.3 Å². The SMILES string of the molecule is Cl.Fc1cnc(CCl)c(F)c1. The van der Waals surface area contributed by atoms with E-state index < -0.39 is 11.6 Å². The lowest BCUT2D eigenvalue weighted by Crippen LogP contribution is -1.91. The molecule has 11 heavy (non-hydrogen) atoms. The summed E-state index contributed by atoms with van der Waals surface area (Å²) in [5, 5.41) is 0. The van der Waals surface area contributed by atoms with E-state index >= 15 is 0 Å². The first-order valence-corrected chi connectivity index (χ1v) is 3.13. The molecule has 5 heteroatoms. The van der Waals surface area contributed by atoms with E-state index in [2.05, 4.69) is 4.98 Å². The Morgan fingerprint density at radius 2 is 2.09 bits per heavy atom. The Kier molecular flexibility index (Phi) is 4.30. The number of alkyl halides is 1. The van der Waals surface area contributed by atoms with E-state index in [1.54, 1.807) is 0 Å². The van der Waals surface area contributed by atoms with Crippen LogP contribution < -0.4 is 0 Å². The van der Waals surface area contributed by atoms with Crippen molar-refractivity contribution in [2.75, 3.05) is 0 Å². The second-order valence-corrected chi connectivity index (χ2v) is 1.98. The van der Waals surface area contributed by atoms with Gasteiger partial charge in [0.05, 0.1) is 17.8 Å². The highest BCUT2D eigenvalue weighted by atomic mass is 35.5. The Morgan fingerprint density at radius 1 is 1.45 bits per heavy atom.